The molecule has 3 aromatic rings. The van der Waals surface area contributed by atoms with Crippen molar-refractivity contribution in [2.24, 2.45) is 0 Å². The van der Waals surface area contributed by atoms with Gasteiger partial charge in [-0.2, -0.15) is 0 Å². The maximum Gasteiger partial charge on any atom is 0.358 e. The van der Waals surface area contributed by atoms with Gasteiger partial charge >= 0.3 is 5.97 Å². The molecule has 19 heavy (non-hydrogen) atoms. The quantitative estimate of drug-likeness (QED) is 0.691. The highest BCUT2D eigenvalue weighted by Crippen LogP contribution is 2.32. The van der Waals surface area contributed by atoms with E-state index in [4.69, 9.17) is 4.74 Å². The Morgan fingerprint density at radius 2 is 2.16 bits per heavy atom. The third-order valence-electron chi connectivity index (χ3n) is 3.00. The fourth-order valence-electron chi connectivity index (χ4n) is 2.13. The molecule has 5 heteroatoms. The predicted molar refractivity (Wildman–Crippen MR) is 71.2 cm³/mol. The first-order valence-corrected chi connectivity index (χ1v) is 5.98. The number of carbonyl (C=O) groups excluding carboxylic acids is 1. The molecule has 0 aliphatic heterocycles. The van der Waals surface area contributed by atoms with Gasteiger partial charge in [-0.05, 0) is 13.0 Å². The number of carbonyl (C=O) groups is 1. The molecule has 3 rings (SSSR count). The van der Waals surface area contributed by atoms with Crippen LogP contribution < -0.4 is 0 Å². The summed E-state index contributed by atoms with van der Waals surface area (Å²) in [6, 6.07) is 7.52. The zero-order valence-electron chi connectivity index (χ0n) is 10.3. The summed E-state index contributed by atoms with van der Waals surface area (Å²) in [6.45, 7) is 1.97. The van der Waals surface area contributed by atoms with E-state index in [1.165, 1.54) is 0 Å². The van der Waals surface area contributed by atoms with E-state index in [1.54, 1.807) is 13.1 Å². The van der Waals surface area contributed by atoms with Gasteiger partial charge in [0, 0.05) is 11.6 Å². The number of hydrogen-bond donors (Lipinski definition) is 2. The first kappa shape index (κ1) is 11.5. The summed E-state index contributed by atoms with van der Waals surface area (Å²) in [6.07, 6.45) is 1.55. The lowest BCUT2D eigenvalue weighted by molar-refractivity contribution is 0.0517. The van der Waals surface area contributed by atoms with Crippen LogP contribution in [0.3, 0.4) is 0 Å². The third kappa shape index (κ3) is 1.71. The van der Waals surface area contributed by atoms with Gasteiger partial charge in [-0.25, -0.2) is 4.79 Å². The summed E-state index contributed by atoms with van der Waals surface area (Å²) >= 11 is 0. The van der Waals surface area contributed by atoms with Crippen LogP contribution in [-0.2, 0) is 4.74 Å². The number of aromatic amines is 1. The first-order chi connectivity index (χ1) is 9.22. The van der Waals surface area contributed by atoms with Crippen LogP contribution in [0, 0.1) is 0 Å². The van der Waals surface area contributed by atoms with Crippen LogP contribution in [0.15, 0.2) is 30.5 Å². The molecule has 0 spiro atoms. The third-order valence-corrected chi connectivity index (χ3v) is 3.00. The minimum atomic E-state index is -0.569. The number of aromatic nitrogens is 2. The number of nitrogens with one attached hydrogen (secondary N) is 1. The van der Waals surface area contributed by atoms with Gasteiger partial charge < -0.3 is 14.8 Å². The zero-order chi connectivity index (χ0) is 13.4. The van der Waals surface area contributed by atoms with Crippen LogP contribution in [0.2, 0.25) is 0 Å². The summed E-state index contributed by atoms with van der Waals surface area (Å²) in [5, 5.41) is 11.4. The van der Waals surface area contributed by atoms with Gasteiger partial charge in [0.1, 0.15) is 0 Å². The Bertz CT molecular complexity index is 777. The molecule has 5 nitrogen and oxygen atoms in total. The van der Waals surface area contributed by atoms with Crippen molar-refractivity contribution < 1.29 is 14.6 Å². The number of benzene rings is 1. The van der Waals surface area contributed by atoms with Crippen molar-refractivity contribution in [1.82, 2.24) is 9.97 Å². The van der Waals surface area contributed by atoms with Crippen molar-refractivity contribution in [3.8, 4) is 5.75 Å². The topological polar surface area (TPSA) is 75.2 Å². The number of esters is 1. The van der Waals surface area contributed by atoms with Crippen molar-refractivity contribution >= 4 is 27.8 Å². The van der Waals surface area contributed by atoms with Gasteiger partial charge in [0.15, 0.2) is 11.4 Å². The molecular formula is C14H12N2O3. The molecule has 0 aliphatic rings. The largest absolute Gasteiger partial charge is 0.505 e. The number of rotatable bonds is 2. The molecule has 0 aliphatic carbocycles. The summed E-state index contributed by atoms with van der Waals surface area (Å²) in [5.74, 6) is -0.688. The van der Waals surface area contributed by atoms with E-state index in [9.17, 15) is 9.90 Å². The summed E-state index contributed by atoms with van der Waals surface area (Å²) in [5.41, 5.74) is 1.55. The zero-order valence-corrected chi connectivity index (χ0v) is 10.3. The average Bonchev–Trinajstić information content (AvgIpc) is 2.77. The Kier molecular flexibility index (Phi) is 2.59. The van der Waals surface area contributed by atoms with Gasteiger partial charge in [-0.3, -0.25) is 4.98 Å². The fraction of sp³-hybridized carbons (Fsp3) is 0.143. The summed E-state index contributed by atoms with van der Waals surface area (Å²) < 4.78 is 4.90. The summed E-state index contributed by atoms with van der Waals surface area (Å²) in [4.78, 5) is 18.9. The van der Waals surface area contributed by atoms with E-state index in [0.717, 1.165) is 10.9 Å². The van der Waals surface area contributed by atoms with E-state index in [0.29, 0.717) is 10.9 Å². The lowest BCUT2D eigenvalue weighted by Crippen LogP contribution is -2.04. The maximum absolute atomic E-state index is 11.7. The molecule has 0 saturated carbocycles. The van der Waals surface area contributed by atoms with Crippen molar-refractivity contribution in [2.75, 3.05) is 6.61 Å². The monoisotopic (exact) mass is 256 g/mol. The number of hydrogen-bond acceptors (Lipinski definition) is 4. The number of aromatic hydroxyl groups is 1. The molecule has 1 aromatic carbocycles. The van der Waals surface area contributed by atoms with E-state index < -0.39 is 5.97 Å². The molecule has 96 valence electrons. The van der Waals surface area contributed by atoms with E-state index >= 15 is 0 Å². The minimum absolute atomic E-state index is 0.0648. The van der Waals surface area contributed by atoms with Crippen LogP contribution in [0.4, 0.5) is 0 Å². The Morgan fingerprint density at radius 1 is 1.37 bits per heavy atom. The number of H-pyrrole nitrogens is 1. The molecule has 0 bridgehead atoms. The van der Waals surface area contributed by atoms with Gasteiger partial charge in [0.05, 0.1) is 23.0 Å². The van der Waals surface area contributed by atoms with Crippen molar-refractivity contribution in [3.63, 3.8) is 0 Å². The van der Waals surface area contributed by atoms with Crippen molar-refractivity contribution in [3.05, 3.63) is 36.2 Å². The number of ether oxygens (including phenoxy) is 1. The first-order valence-electron chi connectivity index (χ1n) is 5.98. The molecule has 0 atom stereocenters. The van der Waals surface area contributed by atoms with E-state index in [-0.39, 0.29) is 18.1 Å². The molecule has 2 heterocycles. The Morgan fingerprint density at radius 3 is 2.95 bits per heavy atom. The van der Waals surface area contributed by atoms with E-state index in [1.807, 2.05) is 24.3 Å². The van der Waals surface area contributed by atoms with Crippen molar-refractivity contribution in [1.29, 1.82) is 0 Å². The molecule has 0 radical (unpaired) electrons. The molecule has 0 unspecified atom stereocenters. The number of nitrogens with zero attached hydrogens (tertiary/aromatic N) is 1. The normalized spacial score (nSPS) is 11.0. The van der Waals surface area contributed by atoms with Crippen LogP contribution in [-0.4, -0.2) is 27.7 Å². The smallest absolute Gasteiger partial charge is 0.358 e. The summed E-state index contributed by atoms with van der Waals surface area (Å²) in [7, 11) is 0. The number of fused-ring (bicyclic) bond motifs is 3. The van der Waals surface area contributed by atoms with Crippen LogP contribution in [0.25, 0.3) is 21.8 Å². The van der Waals surface area contributed by atoms with Crippen LogP contribution >= 0.6 is 0 Å². The molecule has 0 saturated heterocycles. The van der Waals surface area contributed by atoms with Gasteiger partial charge in [0.2, 0.25) is 0 Å². The van der Waals surface area contributed by atoms with Crippen LogP contribution in [0.5, 0.6) is 5.75 Å². The Labute approximate surface area is 108 Å². The lowest BCUT2D eigenvalue weighted by Gasteiger charge is -1.98. The molecule has 0 fully saturated rings. The lowest BCUT2D eigenvalue weighted by atomic mass is 10.1. The Hall–Kier alpha value is -2.56. The van der Waals surface area contributed by atoms with E-state index in [2.05, 4.69) is 9.97 Å². The fourth-order valence-corrected chi connectivity index (χ4v) is 2.13. The molecule has 0 amide bonds. The standard InChI is InChI=1S/C14H12N2O3/c1-2-19-14(18)12-13(17)9-7-15-10-6-4-3-5-8(10)11(9)16-12/h3-7,16-17H,2H2,1H3. The highest BCUT2D eigenvalue weighted by molar-refractivity contribution is 6.10. The highest BCUT2D eigenvalue weighted by atomic mass is 16.5. The van der Waals surface area contributed by atoms with Gasteiger partial charge in [0.25, 0.3) is 0 Å². The number of para-hydroxylation sites is 1. The van der Waals surface area contributed by atoms with Gasteiger partial charge in [-0.15, -0.1) is 0 Å². The maximum atomic E-state index is 11.7. The molecule has 2 aromatic heterocycles. The van der Waals surface area contributed by atoms with Crippen molar-refractivity contribution in [2.45, 2.75) is 6.92 Å². The Balaban J connectivity index is 2.30. The molecular weight excluding hydrogens is 244 g/mol. The molecule has 2 N–H and O–H groups in total. The second-order valence-corrected chi connectivity index (χ2v) is 4.13. The second-order valence-electron chi connectivity index (χ2n) is 4.13. The average molecular weight is 256 g/mol. The van der Waals surface area contributed by atoms with Crippen LogP contribution in [0.1, 0.15) is 17.4 Å². The van der Waals surface area contributed by atoms with Gasteiger partial charge in [-0.1, -0.05) is 18.2 Å². The predicted octanol–water partition coefficient (Wildman–Crippen LogP) is 2.60. The number of pyridine rings is 1. The highest BCUT2D eigenvalue weighted by Gasteiger charge is 2.19. The second kappa shape index (κ2) is 4.28. The SMILES string of the molecule is CCOC(=O)c1[nH]c2c(cnc3ccccc32)c1O. The minimum Gasteiger partial charge on any atom is -0.505 e.